The molecule has 0 bridgehead atoms. The van der Waals surface area contributed by atoms with Crippen molar-refractivity contribution in [1.82, 2.24) is 9.97 Å². The third-order valence-electron chi connectivity index (χ3n) is 4.20. The maximum Gasteiger partial charge on any atom is 0.312 e. The Balaban J connectivity index is 1.32. The van der Waals surface area contributed by atoms with Crippen molar-refractivity contribution in [3.63, 3.8) is 0 Å². The van der Waals surface area contributed by atoms with E-state index in [-0.39, 0.29) is 31.1 Å². The molecular weight excluding hydrogens is 378 g/mol. The second kappa shape index (κ2) is 7.69. The van der Waals surface area contributed by atoms with Crippen molar-refractivity contribution in [2.24, 2.45) is 0 Å². The number of ketones is 1. The highest BCUT2D eigenvalue weighted by Crippen LogP contribution is 2.24. The Morgan fingerprint density at radius 3 is 2.96 bits per heavy atom. The van der Waals surface area contributed by atoms with Gasteiger partial charge in [0.15, 0.2) is 12.4 Å². The van der Waals surface area contributed by atoms with Gasteiger partial charge in [0.1, 0.15) is 5.01 Å². The van der Waals surface area contributed by atoms with E-state index in [1.807, 2.05) is 12.1 Å². The normalized spacial score (nSPS) is 12.4. The summed E-state index contributed by atoms with van der Waals surface area (Å²) < 4.78 is 5.10. The lowest BCUT2D eigenvalue weighted by atomic mass is 10.1. The monoisotopic (exact) mass is 393 g/mol. The largest absolute Gasteiger partial charge is 0.457 e. The summed E-state index contributed by atoms with van der Waals surface area (Å²) in [6, 6.07) is 8.67. The minimum absolute atomic E-state index is 0.00729. The number of ether oxygens (including phenoxy) is 1. The molecule has 3 aromatic rings. The van der Waals surface area contributed by atoms with E-state index in [4.69, 9.17) is 4.74 Å². The first-order valence-corrected chi connectivity index (χ1v) is 9.43. The zero-order chi connectivity index (χ0) is 19.5. The van der Waals surface area contributed by atoms with Gasteiger partial charge in [-0.3, -0.25) is 19.4 Å². The minimum Gasteiger partial charge on any atom is -0.457 e. The number of benzene rings is 1. The number of hydrogen-bond acceptors (Lipinski definition) is 7. The highest BCUT2D eigenvalue weighted by molar-refractivity contribution is 7.13. The molecular formula is C20H15N3O4S. The molecule has 1 N–H and O–H groups in total. The molecule has 1 aliphatic rings. The number of anilines is 1. The van der Waals surface area contributed by atoms with Crippen LogP contribution in [0.15, 0.2) is 48.1 Å². The lowest BCUT2D eigenvalue weighted by Crippen LogP contribution is -2.16. The number of Topliss-reactive ketones (excluding diaryl/α,β-unsaturated/α-hetero) is 1. The van der Waals surface area contributed by atoms with Crippen molar-refractivity contribution in [3.8, 4) is 10.6 Å². The first-order chi connectivity index (χ1) is 13.6. The molecule has 0 saturated carbocycles. The molecule has 28 heavy (non-hydrogen) atoms. The number of fused-ring (bicyclic) bond motifs is 1. The molecule has 7 nitrogen and oxygen atoms in total. The molecule has 140 valence electrons. The molecule has 0 atom stereocenters. The standard InChI is InChI=1S/C20H15N3O4S/c24-17(12-3-4-16-14(6-12)7-18(25)23-16)10-27-19(26)8-15-11-28-20(22-15)13-2-1-5-21-9-13/h1-6,9,11H,7-8,10H2,(H,23,25). The molecule has 1 aromatic carbocycles. The number of thiazole rings is 1. The molecule has 0 radical (unpaired) electrons. The van der Waals surface area contributed by atoms with E-state index < -0.39 is 5.97 Å². The Hall–Kier alpha value is -3.39. The van der Waals surface area contributed by atoms with Gasteiger partial charge < -0.3 is 10.1 Å². The number of aromatic nitrogens is 2. The zero-order valence-electron chi connectivity index (χ0n) is 14.7. The number of amides is 1. The first kappa shape index (κ1) is 18.0. The quantitative estimate of drug-likeness (QED) is 0.511. The van der Waals surface area contributed by atoms with Crippen LogP contribution in [0, 0.1) is 0 Å². The van der Waals surface area contributed by atoms with Crippen LogP contribution in [-0.2, 0) is 27.2 Å². The first-order valence-electron chi connectivity index (χ1n) is 8.55. The molecule has 2 aromatic heterocycles. The number of pyridine rings is 1. The van der Waals surface area contributed by atoms with Crippen LogP contribution in [0.1, 0.15) is 21.6 Å². The molecule has 0 fully saturated rings. The Morgan fingerprint density at radius 2 is 2.14 bits per heavy atom. The van der Waals surface area contributed by atoms with Crippen molar-refractivity contribution in [2.45, 2.75) is 12.8 Å². The molecule has 1 amide bonds. The van der Waals surface area contributed by atoms with Gasteiger partial charge in [-0.1, -0.05) is 0 Å². The summed E-state index contributed by atoms with van der Waals surface area (Å²) in [6.07, 6.45) is 3.63. The third kappa shape index (κ3) is 3.96. The predicted octanol–water partition coefficient (Wildman–Crippen LogP) is 2.67. The highest BCUT2D eigenvalue weighted by Gasteiger charge is 2.20. The van der Waals surface area contributed by atoms with Crippen molar-refractivity contribution >= 4 is 34.7 Å². The fourth-order valence-electron chi connectivity index (χ4n) is 2.84. The summed E-state index contributed by atoms with van der Waals surface area (Å²) in [5.74, 6) is -0.931. The summed E-state index contributed by atoms with van der Waals surface area (Å²) in [6.45, 7) is -0.349. The van der Waals surface area contributed by atoms with Crippen LogP contribution in [0.4, 0.5) is 5.69 Å². The van der Waals surface area contributed by atoms with Crippen molar-refractivity contribution < 1.29 is 19.1 Å². The molecule has 0 spiro atoms. The molecule has 1 aliphatic heterocycles. The number of nitrogens with zero attached hydrogens (tertiary/aromatic N) is 2. The number of carbonyl (C=O) groups is 3. The summed E-state index contributed by atoms with van der Waals surface area (Å²) >= 11 is 1.42. The van der Waals surface area contributed by atoms with E-state index in [2.05, 4.69) is 15.3 Å². The average Bonchev–Trinajstić information content (AvgIpc) is 3.31. The van der Waals surface area contributed by atoms with Crippen LogP contribution in [0.5, 0.6) is 0 Å². The Morgan fingerprint density at radius 1 is 1.25 bits per heavy atom. The minimum atomic E-state index is -0.519. The van der Waals surface area contributed by atoms with Crippen molar-refractivity contribution in [2.75, 3.05) is 11.9 Å². The fourth-order valence-corrected chi connectivity index (χ4v) is 3.65. The van der Waals surface area contributed by atoms with E-state index >= 15 is 0 Å². The number of nitrogens with one attached hydrogen (secondary N) is 1. The van der Waals surface area contributed by atoms with E-state index in [9.17, 15) is 14.4 Å². The van der Waals surface area contributed by atoms with E-state index in [0.717, 1.165) is 16.1 Å². The molecule has 0 unspecified atom stereocenters. The van der Waals surface area contributed by atoms with Crippen LogP contribution in [0.25, 0.3) is 10.6 Å². The summed E-state index contributed by atoms with van der Waals surface area (Å²) in [4.78, 5) is 44.2. The third-order valence-corrected chi connectivity index (χ3v) is 5.14. The fraction of sp³-hybridized carbons (Fsp3) is 0.150. The van der Waals surface area contributed by atoms with Gasteiger partial charge in [-0.25, -0.2) is 4.98 Å². The molecule has 0 aliphatic carbocycles. The number of hydrogen-bond donors (Lipinski definition) is 1. The molecule has 0 saturated heterocycles. The van der Waals surface area contributed by atoms with Gasteiger partial charge in [0, 0.05) is 34.6 Å². The lowest BCUT2D eigenvalue weighted by Gasteiger charge is -2.05. The van der Waals surface area contributed by atoms with Gasteiger partial charge in [0.2, 0.25) is 5.91 Å². The Bertz CT molecular complexity index is 1060. The summed E-state index contributed by atoms with van der Waals surface area (Å²) in [5.41, 5.74) is 3.37. The predicted molar refractivity (Wildman–Crippen MR) is 103 cm³/mol. The molecule has 4 rings (SSSR count). The smallest absolute Gasteiger partial charge is 0.312 e. The van der Waals surface area contributed by atoms with Crippen LogP contribution in [-0.4, -0.2) is 34.2 Å². The van der Waals surface area contributed by atoms with Gasteiger partial charge >= 0.3 is 5.97 Å². The van der Waals surface area contributed by atoms with Crippen LogP contribution < -0.4 is 5.32 Å². The van der Waals surface area contributed by atoms with Gasteiger partial charge in [0.05, 0.1) is 18.5 Å². The van der Waals surface area contributed by atoms with Crippen molar-refractivity contribution in [3.05, 3.63) is 64.9 Å². The lowest BCUT2D eigenvalue weighted by molar-refractivity contribution is -0.141. The highest BCUT2D eigenvalue weighted by atomic mass is 32.1. The van der Waals surface area contributed by atoms with Gasteiger partial charge in [-0.05, 0) is 35.9 Å². The van der Waals surface area contributed by atoms with Gasteiger partial charge in [-0.15, -0.1) is 11.3 Å². The second-order valence-electron chi connectivity index (χ2n) is 6.24. The molecule has 3 heterocycles. The Kier molecular flexibility index (Phi) is 4.94. The van der Waals surface area contributed by atoms with E-state index in [1.165, 1.54) is 11.3 Å². The Labute approximate surface area is 164 Å². The summed E-state index contributed by atoms with van der Waals surface area (Å²) in [7, 11) is 0. The van der Waals surface area contributed by atoms with Gasteiger partial charge in [-0.2, -0.15) is 0 Å². The van der Waals surface area contributed by atoms with Crippen LogP contribution in [0.2, 0.25) is 0 Å². The topological polar surface area (TPSA) is 98.3 Å². The number of rotatable bonds is 6. The van der Waals surface area contributed by atoms with Crippen molar-refractivity contribution in [1.29, 1.82) is 0 Å². The van der Waals surface area contributed by atoms with E-state index in [1.54, 1.807) is 36.0 Å². The number of carbonyl (C=O) groups excluding carboxylic acids is 3. The summed E-state index contributed by atoms with van der Waals surface area (Å²) in [5, 5.41) is 5.27. The zero-order valence-corrected chi connectivity index (χ0v) is 15.5. The van der Waals surface area contributed by atoms with Gasteiger partial charge in [0.25, 0.3) is 0 Å². The maximum absolute atomic E-state index is 12.3. The number of esters is 1. The average molecular weight is 393 g/mol. The van der Waals surface area contributed by atoms with E-state index in [0.29, 0.717) is 16.9 Å². The maximum atomic E-state index is 12.3. The SMILES string of the molecule is O=C1Cc2cc(C(=O)COC(=O)Cc3csc(-c4cccnc4)n3)ccc2N1. The molecule has 8 heteroatoms. The van der Waals surface area contributed by atoms with Crippen LogP contribution >= 0.6 is 11.3 Å². The second-order valence-corrected chi connectivity index (χ2v) is 7.10. The van der Waals surface area contributed by atoms with Crippen LogP contribution in [0.3, 0.4) is 0 Å².